The molecule has 4 heteroatoms. The van der Waals surface area contributed by atoms with Gasteiger partial charge in [0.05, 0.1) is 0 Å². The van der Waals surface area contributed by atoms with Crippen LogP contribution in [0.1, 0.15) is 0 Å². The van der Waals surface area contributed by atoms with Gasteiger partial charge in [-0.3, -0.25) is 0 Å². The largest absolute Gasteiger partial charge is 1.00 e. The zero-order chi connectivity index (χ0) is 2.71. The van der Waals surface area contributed by atoms with Gasteiger partial charge in [-0.05, 0) is 0 Å². The van der Waals surface area contributed by atoms with Crippen molar-refractivity contribution < 1.29 is 28.1 Å². The number of rotatable bonds is 0. The summed E-state index contributed by atoms with van der Waals surface area (Å²) in [6.07, 6.45) is 0. The Morgan fingerprint density at radius 1 is 1.75 bits per heavy atom. The smallest absolute Gasteiger partial charge is 0.591 e. The Bertz CT molecular complexity index is 13.5. The van der Waals surface area contributed by atoms with Crippen molar-refractivity contribution in [3.8, 4) is 0 Å². The summed E-state index contributed by atoms with van der Waals surface area (Å²) in [5.41, 5.74) is 0. The van der Waals surface area contributed by atoms with Crippen molar-refractivity contribution in [3.63, 3.8) is 0 Å². The van der Waals surface area contributed by atoms with Crippen molar-refractivity contribution >= 4 is 9.65 Å². The zero-order valence-electron chi connectivity index (χ0n) is 2.39. The molecule has 0 aromatic heterocycles. The average molecular weight is 68.0 g/mol. The van der Waals surface area contributed by atoms with E-state index in [0.717, 1.165) is 0 Å². The summed E-state index contributed by atoms with van der Waals surface area (Å²) < 4.78 is 8.46. The van der Waals surface area contributed by atoms with Crippen LogP contribution >= 0.6 is 0 Å². The van der Waals surface area contributed by atoms with Crippen LogP contribution in [0.15, 0.2) is 0 Å². The summed E-state index contributed by atoms with van der Waals surface area (Å²) in [5.74, 6) is 0. The number of hydrogen-bond acceptors (Lipinski definition) is 2. The maximum atomic E-state index is 8.46. The van der Waals surface area contributed by atoms with Gasteiger partial charge in [-0.25, -0.2) is 0 Å². The van der Waals surface area contributed by atoms with Gasteiger partial charge in [-0.15, -0.1) is 0 Å². The van der Waals surface area contributed by atoms with Crippen LogP contribution in [0.4, 0.5) is 0 Å². The molecule has 0 amide bonds. The molecule has 0 unspecified atom stereocenters. The third kappa shape index (κ3) is 28.1. The third-order valence-corrected chi connectivity index (χ3v) is 0. The molecule has 4 heavy (non-hydrogen) atoms. The molecule has 0 N–H and O–H groups in total. The average Bonchev–Trinajstić information content (AvgIpc) is 0.918. The SMILES string of the molecule is O=[SiH][O-].[Li+]. The van der Waals surface area contributed by atoms with Crippen molar-refractivity contribution in [2.75, 3.05) is 0 Å². The maximum Gasteiger partial charge on any atom is 1.00 e. The molecule has 0 heterocycles. The van der Waals surface area contributed by atoms with E-state index in [9.17, 15) is 0 Å². The van der Waals surface area contributed by atoms with Gasteiger partial charge in [0.1, 0.15) is 9.65 Å². The standard InChI is InChI=1S/Li.HO2Si/c;1-3-2/h;3H/q+1;-1. The monoisotopic (exact) mass is 68.0 g/mol. The van der Waals surface area contributed by atoms with Crippen LogP contribution in [-0.4, -0.2) is 9.65 Å². The van der Waals surface area contributed by atoms with E-state index in [4.69, 9.17) is 9.26 Å². The van der Waals surface area contributed by atoms with Gasteiger partial charge in [0.25, 0.3) is 0 Å². The van der Waals surface area contributed by atoms with E-state index < -0.39 is 9.65 Å². The normalized spacial score (nSPS) is 3.00. The molecule has 0 aliphatic carbocycles. The summed E-state index contributed by atoms with van der Waals surface area (Å²) in [4.78, 5) is 8.46. The maximum absolute atomic E-state index is 8.46. The number of hydrogen-bond donors (Lipinski definition) is 0. The van der Waals surface area contributed by atoms with Gasteiger partial charge < -0.3 is 9.26 Å². The van der Waals surface area contributed by atoms with Gasteiger partial charge in [0.15, 0.2) is 0 Å². The van der Waals surface area contributed by atoms with Crippen molar-refractivity contribution in [2.45, 2.75) is 0 Å². The van der Waals surface area contributed by atoms with Gasteiger partial charge >= 0.3 is 18.9 Å². The molecule has 0 radical (unpaired) electrons. The minimum atomic E-state index is -1.75. The fourth-order valence-corrected chi connectivity index (χ4v) is 0. The first-order valence-corrected chi connectivity index (χ1v) is 1.41. The van der Waals surface area contributed by atoms with Crippen LogP contribution in [0.5, 0.6) is 0 Å². The Morgan fingerprint density at radius 3 is 1.75 bits per heavy atom. The quantitative estimate of drug-likeness (QED) is 0.267. The molecule has 0 aliphatic heterocycles. The van der Waals surface area contributed by atoms with Gasteiger partial charge in [0.2, 0.25) is 0 Å². The van der Waals surface area contributed by atoms with E-state index in [0.29, 0.717) is 0 Å². The van der Waals surface area contributed by atoms with Crippen LogP contribution in [0.25, 0.3) is 0 Å². The van der Waals surface area contributed by atoms with E-state index in [1.54, 1.807) is 0 Å². The Morgan fingerprint density at radius 2 is 1.75 bits per heavy atom. The van der Waals surface area contributed by atoms with E-state index in [-0.39, 0.29) is 18.9 Å². The molecule has 0 rings (SSSR count). The fourth-order valence-electron chi connectivity index (χ4n) is 0. The summed E-state index contributed by atoms with van der Waals surface area (Å²) in [5, 5.41) is 0. The first-order chi connectivity index (χ1) is 1.41. The molecule has 18 valence electrons. The Balaban J connectivity index is 0. The predicted molar refractivity (Wildman–Crippen MR) is 7.84 cm³/mol. The van der Waals surface area contributed by atoms with E-state index in [1.165, 1.54) is 0 Å². The molecule has 0 aromatic rings. The van der Waals surface area contributed by atoms with Gasteiger partial charge in [-0.2, -0.15) is 0 Å². The van der Waals surface area contributed by atoms with Crippen LogP contribution < -0.4 is 23.7 Å². The molecule has 2 nitrogen and oxygen atoms in total. The summed E-state index contributed by atoms with van der Waals surface area (Å²) in [6, 6.07) is 0. The van der Waals surface area contributed by atoms with E-state index in [1.807, 2.05) is 0 Å². The van der Waals surface area contributed by atoms with Crippen molar-refractivity contribution in [1.82, 2.24) is 0 Å². The third-order valence-electron chi connectivity index (χ3n) is 0. The minimum Gasteiger partial charge on any atom is -0.591 e. The van der Waals surface area contributed by atoms with Crippen LogP contribution in [0.3, 0.4) is 0 Å². The van der Waals surface area contributed by atoms with Crippen molar-refractivity contribution in [1.29, 1.82) is 0 Å². The molecule has 0 spiro atoms. The second kappa shape index (κ2) is 9.95. The molecular weight excluding hydrogens is 67.0 g/mol. The van der Waals surface area contributed by atoms with E-state index >= 15 is 0 Å². The van der Waals surface area contributed by atoms with E-state index in [2.05, 4.69) is 0 Å². The molecule has 0 bridgehead atoms. The molecule has 0 fully saturated rings. The second-order valence-electron chi connectivity index (χ2n) is 0.0962. The molecule has 0 saturated carbocycles. The molecule has 0 atom stereocenters. The molecule has 0 aliphatic rings. The van der Waals surface area contributed by atoms with Crippen LogP contribution in [0, 0.1) is 0 Å². The second-order valence-corrected chi connectivity index (χ2v) is 0.289. The predicted octanol–water partition coefficient (Wildman–Crippen LogP) is -4.95. The zero-order valence-corrected chi connectivity index (χ0v) is 3.55. The summed E-state index contributed by atoms with van der Waals surface area (Å²) >= 11 is 0. The summed E-state index contributed by atoms with van der Waals surface area (Å²) in [6.45, 7) is 0. The van der Waals surface area contributed by atoms with Gasteiger partial charge in [-0.1, -0.05) is 0 Å². The first-order valence-electron chi connectivity index (χ1n) is 0.471. The summed E-state index contributed by atoms with van der Waals surface area (Å²) in [7, 11) is -1.75. The topological polar surface area (TPSA) is 40.1 Å². The van der Waals surface area contributed by atoms with Crippen molar-refractivity contribution in [2.24, 2.45) is 0 Å². The van der Waals surface area contributed by atoms with Crippen LogP contribution in [0.2, 0.25) is 0 Å². The Labute approximate surface area is 38.4 Å². The molecule has 0 aromatic carbocycles. The Hall–Kier alpha value is 0.414. The molecular formula is HLiO2Si. The fraction of sp³-hybridized carbons (Fsp3) is 0. The first kappa shape index (κ1) is 8.83. The van der Waals surface area contributed by atoms with Crippen LogP contribution in [-0.2, 0) is 4.46 Å². The Kier molecular flexibility index (Phi) is 22.0. The minimum absolute atomic E-state index is 0. The molecule has 0 saturated heterocycles. The van der Waals surface area contributed by atoms with Crippen molar-refractivity contribution in [3.05, 3.63) is 0 Å². The van der Waals surface area contributed by atoms with Gasteiger partial charge in [0, 0.05) is 0 Å².